The molecule has 0 aromatic heterocycles. The molecule has 0 unspecified atom stereocenters. The van der Waals surface area contributed by atoms with Gasteiger partial charge < -0.3 is 14.4 Å². The standard InChI is InChI=1S/C18H16F3NO3/c1-22(11-12-6-7-15-16(10-12)25-9-8-24-15)17(23)13-4-2-3-5-14(13)18(19,20)21/h2-7,10H,8-9,11H2,1H3. The average molecular weight is 351 g/mol. The van der Waals surface area contributed by atoms with Crippen molar-refractivity contribution in [3.8, 4) is 11.5 Å². The van der Waals surface area contributed by atoms with E-state index in [-0.39, 0.29) is 12.1 Å². The minimum atomic E-state index is -4.58. The number of carbonyl (C=O) groups excluding carboxylic acids is 1. The molecule has 7 heteroatoms. The second-order valence-electron chi connectivity index (χ2n) is 5.68. The molecular formula is C18H16F3NO3. The molecule has 132 valence electrons. The maximum Gasteiger partial charge on any atom is 0.417 e. The molecule has 0 N–H and O–H groups in total. The van der Waals surface area contributed by atoms with Crippen molar-refractivity contribution in [1.82, 2.24) is 4.90 Å². The molecule has 2 aromatic rings. The number of halogens is 3. The zero-order chi connectivity index (χ0) is 18.0. The van der Waals surface area contributed by atoms with Gasteiger partial charge in [-0.15, -0.1) is 0 Å². The first-order valence-electron chi connectivity index (χ1n) is 7.66. The molecule has 1 amide bonds. The molecule has 1 aliphatic rings. The van der Waals surface area contributed by atoms with Crippen LogP contribution in [0.3, 0.4) is 0 Å². The van der Waals surface area contributed by atoms with Crippen LogP contribution in [0.4, 0.5) is 13.2 Å². The summed E-state index contributed by atoms with van der Waals surface area (Å²) in [6, 6.07) is 9.99. The minimum absolute atomic E-state index is 0.154. The summed E-state index contributed by atoms with van der Waals surface area (Å²) in [5.74, 6) is 0.495. The molecule has 0 atom stereocenters. The Hall–Kier alpha value is -2.70. The summed E-state index contributed by atoms with van der Waals surface area (Å²) in [4.78, 5) is 13.7. The van der Waals surface area contributed by atoms with Crippen molar-refractivity contribution in [2.75, 3.05) is 20.3 Å². The van der Waals surface area contributed by atoms with E-state index in [4.69, 9.17) is 9.47 Å². The second-order valence-corrected chi connectivity index (χ2v) is 5.68. The van der Waals surface area contributed by atoms with E-state index in [9.17, 15) is 18.0 Å². The number of carbonyl (C=O) groups is 1. The van der Waals surface area contributed by atoms with E-state index in [0.29, 0.717) is 24.7 Å². The highest BCUT2D eigenvalue weighted by molar-refractivity contribution is 5.95. The van der Waals surface area contributed by atoms with E-state index in [0.717, 1.165) is 11.6 Å². The monoisotopic (exact) mass is 351 g/mol. The molecule has 0 bridgehead atoms. The van der Waals surface area contributed by atoms with Gasteiger partial charge in [0.05, 0.1) is 11.1 Å². The molecule has 0 radical (unpaired) electrons. The van der Waals surface area contributed by atoms with Crippen molar-refractivity contribution in [3.05, 3.63) is 59.2 Å². The molecule has 25 heavy (non-hydrogen) atoms. The van der Waals surface area contributed by atoms with Crippen LogP contribution >= 0.6 is 0 Å². The molecule has 0 saturated heterocycles. The minimum Gasteiger partial charge on any atom is -0.486 e. The van der Waals surface area contributed by atoms with Crippen LogP contribution in [0.15, 0.2) is 42.5 Å². The number of amides is 1. The van der Waals surface area contributed by atoms with E-state index >= 15 is 0 Å². The van der Waals surface area contributed by atoms with Crippen LogP contribution < -0.4 is 9.47 Å². The van der Waals surface area contributed by atoms with Crippen LogP contribution in [0.2, 0.25) is 0 Å². The topological polar surface area (TPSA) is 38.8 Å². The van der Waals surface area contributed by atoms with E-state index in [1.807, 2.05) is 0 Å². The zero-order valence-electron chi connectivity index (χ0n) is 13.5. The van der Waals surface area contributed by atoms with E-state index in [2.05, 4.69) is 0 Å². The summed E-state index contributed by atoms with van der Waals surface area (Å²) >= 11 is 0. The van der Waals surface area contributed by atoms with Gasteiger partial charge in [-0.05, 0) is 29.8 Å². The summed E-state index contributed by atoms with van der Waals surface area (Å²) in [5, 5.41) is 0. The fourth-order valence-electron chi connectivity index (χ4n) is 2.65. The first-order chi connectivity index (χ1) is 11.9. The van der Waals surface area contributed by atoms with Crippen LogP contribution in [-0.4, -0.2) is 31.1 Å². The van der Waals surface area contributed by atoms with Gasteiger partial charge in [-0.25, -0.2) is 0 Å². The predicted octanol–water partition coefficient (Wildman–Crippen LogP) is 3.75. The Bertz CT molecular complexity index is 789. The Balaban J connectivity index is 1.80. The lowest BCUT2D eigenvalue weighted by Gasteiger charge is -2.22. The van der Waals surface area contributed by atoms with Crippen LogP contribution in [0.1, 0.15) is 21.5 Å². The maximum absolute atomic E-state index is 13.1. The van der Waals surface area contributed by atoms with Crippen molar-refractivity contribution in [2.45, 2.75) is 12.7 Å². The number of rotatable bonds is 3. The summed E-state index contributed by atoms with van der Waals surface area (Å²) in [5.41, 5.74) is -0.561. The predicted molar refractivity (Wildman–Crippen MR) is 84.7 cm³/mol. The quantitative estimate of drug-likeness (QED) is 0.845. The third-order valence-electron chi connectivity index (χ3n) is 3.84. The van der Waals surface area contributed by atoms with Gasteiger partial charge in [0.1, 0.15) is 13.2 Å². The Morgan fingerprint density at radius 3 is 2.48 bits per heavy atom. The Kier molecular flexibility index (Phi) is 4.57. The molecule has 0 spiro atoms. The average Bonchev–Trinajstić information content (AvgIpc) is 2.60. The summed E-state index contributed by atoms with van der Waals surface area (Å²) in [6.07, 6.45) is -4.58. The van der Waals surface area contributed by atoms with Gasteiger partial charge in [-0.3, -0.25) is 4.79 Å². The smallest absolute Gasteiger partial charge is 0.417 e. The number of ether oxygens (including phenoxy) is 2. The lowest BCUT2D eigenvalue weighted by Crippen LogP contribution is -2.28. The maximum atomic E-state index is 13.1. The molecule has 4 nitrogen and oxygen atoms in total. The van der Waals surface area contributed by atoms with Crippen molar-refractivity contribution in [1.29, 1.82) is 0 Å². The Labute approximate surface area is 142 Å². The largest absolute Gasteiger partial charge is 0.486 e. The van der Waals surface area contributed by atoms with Crippen molar-refractivity contribution < 1.29 is 27.4 Å². The molecule has 0 saturated carbocycles. The fraction of sp³-hybridized carbons (Fsp3) is 0.278. The first-order valence-corrected chi connectivity index (χ1v) is 7.66. The van der Waals surface area contributed by atoms with E-state index < -0.39 is 17.6 Å². The van der Waals surface area contributed by atoms with Gasteiger partial charge in [-0.2, -0.15) is 13.2 Å². The van der Waals surface area contributed by atoms with Crippen LogP contribution in [0, 0.1) is 0 Å². The molecule has 3 rings (SSSR count). The van der Waals surface area contributed by atoms with Crippen LogP contribution in [0.5, 0.6) is 11.5 Å². The molecule has 1 aliphatic heterocycles. The molecule has 2 aromatic carbocycles. The van der Waals surface area contributed by atoms with Gasteiger partial charge in [0, 0.05) is 13.6 Å². The normalized spacial score (nSPS) is 13.4. The molecular weight excluding hydrogens is 335 g/mol. The fourth-order valence-corrected chi connectivity index (χ4v) is 2.65. The Morgan fingerprint density at radius 1 is 1.08 bits per heavy atom. The summed E-state index contributed by atoms with van der Waals surface area (Å²) in [6.45, 7) is 1.06. The third-order valence-corrected chi connectivity index (χ3v) is 3.84. The van der Waals surface area contributed by atoms with E-state index in [1.54, 1.807) is 18.2 Å². The lowest BCUT2D eigenvalue weighted by atomic mass is 10.1. The summed E-state index contributed by atoms with van der Waals surface area (Å²) < 4.78 is 50.2. The van der Waals surface area contributed by atoms with Crippen molar-refractivity contribution in [2.24, 2.45) is 0 Å². The number of nitrogens with zero attached hydrogens (tertiary/aromatic N) is 1. The van der Waals surface area contributed by atoms with Crippen molar-refractivity contribution >= 4 is 5.91 Å². The van der Waals surface area contributed by atoms with Gasteiger partial charge in [0.2, 0.25) is 0 Å². The molecule has 0 fully saturated rings. The van der Waals surface area contributed by atoms with Gasteiger partial charge in [0.25, 0.3) is 5.91 Å². The van der Waals surface area contributed by atoms with Gasteiger partial charge >= 0.3 is 6.18 Å². The van der Waals surface area contributed by atoms with Crippen LogP contribution in [0.25, 0.3) is 0 Å². The molecule has 1 heterocycles. The summed E-state index contributed by atoms with van der Waals surface area (Å²) in [7, 11) is 1.46. The van der Waals surface area contributed by atoms with Crippen LogP contribution in [-0.2, 0) is 12.7 Å². The highest BCUT2D eigenvalue weighted by Gasteiger charge is 2.35. The van der Waals surface area contributed by atoms with Gasteiger partial charge in [-0.1, -0.05) is 18.2 Å². The number of hydrogen-bond acceptors (Lipinski definition) is 3. The highest BCUT2D eigenvalue weighted by atomic mass is 19.4. The number of alkyl halides is 3. The third kappa shape index (κ3) is 3.70. The Morgan fingerprint density at radius 2 is 1.76 bits per heavy atom. The highest BCUT2D eigenvalue weighted by Crippen LogP contribution is 2.33. The van der Waals surface area contributed by atoms with E-state index in [1.165, 1.54) is 30.1 Å². The van der Waals surface area contributed by atoms with Gasteiger partial charge in [0.15, 0.2) is 11.5 Å². The van der Waals surface area contributed by atoms with Crippen molar-refractivity contribution in [3.63, 3.8) is 0 Å². The molecule has 0 aliphatic carbocycles. The zero-order valence-corrected chi connectivity index (χ0v) is 13.5. The SMILES string of the molecule is CN(Cc1ccc2c(c1)OCCO2)C(=O)c1ccccc1C(F)(F)F. The number of fused-ring (bicyclic) bond motifs is 1. The number of benzene rings is 2. The first kappa shape index (κ1) is 17.1. The lowest BCUT2D eigenvalue weighted by molar-refractivity contribution is -0.138. The number of hydrogen-bond donors (Lipinski definition) is 0. The second kappa shape index (κ2) is 6.66.